The maximum Gasteiger partial charge on any atom is 0.126 e. The summed E-state index contributed by atoms with van der Waals surface area (Å²) in [5.74, 6) is -0.178. The highest BCUT2D eigenvalue weighted by Crippen LogP contribution is 2.22. The van der Waals surface area contributed by atoms with Crippen LogP contribution in [0.1, 0.15) is 5.56 Å². The third kappa shape index (κ3) is 4.58. The minimum Gasteiger partial charge on any atom is -0.392 e. The van der Waals surface area contributed by atoms with Crippen LogP contribution in [0.15, 0.2) is 51.8 Å². The Labute approximate surface area is 129 Å². The summed E-state index contributed by atoms with van der Waals surface area (Å²) in [6.07, 6.45) is -0.409. The van der Waals surface area contributed by atoms with Crippen LogP contribution in [-0.4, -0.2) is 17.0 Å². The zero-order valence-electron chi connectivity index (χ0n) is 10.5. The Bertz CT molecular complexity index is 575. The van der Waals surface area contributed by atoms with Crippen LogP contribution in [0.3, 0.4) is 0 Å². The van der Waals surface area contributed by atoms with Gasteiger partial charge in [-0.2, -0.15) is 0 Å². The van der Waals surface area contributed by atoms with E-state index < -0.39 is 6.10 Å². The minimum absolute atomic E-state index is 0.249. The fourth-order valence-corrected chi connectivity index (χ4v) is 2.98. The second-order valence-electron chi connectivity index (χ2n) is 4.36. The molecule has 0 radical (unpaired) electrons. The first-order valence-corrected chi connectivity index (χ1v) is 7.83. The lowest BCUT2D eigenvalue weighted by Gasteiger charge is -2.11. The Morgan fingerprint density at radius 3 is 2.50 bits per heavy atom. The summed E-state index contributed by atoms with van der Waals surface area (Å²) < 4.78 is 27.1. The lowest BCUT2D eigenvalue weighted by atomic mass is 10.1. The van der Waals surface area contributed by atoms with Crippen LogP contribution >= 0.6 is 27.7 Å². The topological polar surface area (TPSA) is 20.2 Å². The van der Waals surface area contributed by atoms with Crippen LogP contribution in [0, 0.1) is 11.6 Å². The molecule has 0 saturated carbocycles. The Morgan fingerprint density at radius 2 is 1.80 bits per heavy atom. The van der Waals surface area contributed by atoms with E-state index in [1.165, 1.54) is 30.0 Å². The third-order valence-electron chi connectivity index (χ3n) is 2.72. The molecule has 1 N–H and O–H groups in total. The van der Waals surface area contributed by atoms with Crippen molar-refractivity contribution in [3.8, 4) is 0 Å². The molecule has 0 spiro atoms. The van der Waals surface area contributed by atoms with Crippen molar-refractivity contribution < 1.29 is 13.9 Å². The molecule has 0 heterocycles. The first-order valence-electron chi connectivity index (χ1n) is 6.05. The number of thioether (sulfide) groups is 1. The van der Waals surface area contributed by atoms with Gasteiger partial charge in [-0.15, -0.1) is 11.8 Å². The summed E-state index contributed by atoms with van der Waals surface area (Å²) in [4.78, 5) is 0.875. The molecule has 2 aromatic carbocycles. The maximum absolute atomic E-state index is 13.6. The van der Waals surface area contributed by atoms with Crippen LogP contribution in [0.25, 0.3) is 0 Å². The van der Waals surface area contributed by atoms with E-state index in [4.69, 9.17) is 0 Å². The highest BCUT2D eigenvalue weighted by Gasteiger charge is 2.10. The van der Waals surface area contributed by atoms with E-state index in [-0.39, 0.29) is 18.1 Å². The monoisotopic (exact) mass is 358 g/mol. The van der Waals surface area contributed by atoms with Crippen LogP contribution in [0.5, 0.6) is 0 Å². The van der Waals surface area contributed by atoms with Gasteiger partial charge in [0.05, 0.1) is 6.10 Å². The zero-order valence-corrected chi connectivity index (χ0v) is 12.9. The van der Waals surface area contributed by atoms with E-state index in [2.05, 4.69) is 15.9 Å². The SMILES string of the molecule is OC(CSc1ccc(F)cc1)Cc1cc(Br)ccc1F. The van der Waals surface area contributed by atoms with Gasteiger partial charge in [0.15, 0.2) is 0 Å². The fourth-order valence-electron chi connectivity index (χ4n) is 1.74. The average molecular weight is 359 g/mol. The smallest absolute Gasteiger partial charge is 0.126 e. The van der Waals surface area contributed by atoms with Crippen molar-refractivity contribution in [2.75, 3.05) is 5.75 Å². The Kier molecular flexibility index (Phi) is 5.57. The lowest BCUT2D eigenvalue weighted by Crippen LogP contribution is -2.14. The largest absolute Gasteiger partial charge is 0.392 e. The van der Waals surface area contributed by atoms with Gasteiger partial charge < -0.3 is 5.11 Å². The Hall–Kier alpha value is -0.910. The minimum atomic E-state index is -0.658. The van der Waals surface area contributed by atoms with Gasteiger partial charge in [-0.1, -0.05) is 15.9 Å². The summed E-state index contributed by atoms with van der Waals surface area (Å²) in [6, 6.07) is 10.7. The fraction of sp³-hybridized carbons (Fsp3) is 0.200. The first kappa shape index (κ1) is 15.5. The molecule has 106 valence electrons. The molecule has 2 aromatic rings. The van der Waals surface area contributed by atoms with Gasteiger partial charge in [0.25, 0.3) is 0 Å². The predicted octanol–water partition coefficient (Wildman–Crippen LogP) is 4.42. The van der Waals surface area contributed by atoms with Crippen molar-refractivity contribution in [1.82, 2.24) is 0 Å². The first-order chi connectivity index (χ1) is 9.54. The normalized spacial score (nSPS) is 12.4. The van der Waals surface area contributed by atoms with Crippen LogP contribution in [-0.2, 0) is 6.42 Å². The van der Waals surface area contributed by atoms with E-state index >= 15 is 0 Å². The molecule has 0 bridgehead atoms. The summed E-state index contributed by atoms with van der Waals surface area (Å²) in [5.41, 5.74) is 0.478. The van der Waals surface area contributed by atoms with Crippen molar-refractivity contribution in [3.63, 3.8) is 0 Å². The van der Waals surface area contributed by atoms with Gasteiger partial charge in [0.1, 0.15) is 11.6 Å². The van der Waals surface area contributed by atoms with E-state index in [0.717, 1.165) is 9.37 Å². The highest BCUT2D eigenvalue weighted by molar-refractivity contribution is 9.10. The lowest BCUT2D eigenvalue weighted by molar-refractivity contribution is 0.198. The maximum atomic E-state index is 13.6. The Balaban J connectivity index is 1.90. The van der Waals surface area contributed by atoms with Gasteiger partial charge in [0, 0.05) is 21.5 Å². The highest BCUT2D eigenvalue weighted by atomic mass is 79.9. The zero-order chi connectivity index (χ0) is 14.5. The number of halogens is 3. The van der Waals surface area contributed by atoms with Crippen molar-refractivity contribution in [2.45, 2.75) is 17.4 Å². The molecule has 1 unspecified atom stereocenters. The van der Waals surface area contributed by atoms with E-state index in [9.17, 15) is 13.9 Å². The molecule has 1 nitrogen and oxygen atoms in total. The van der Waals surface area contributed by atoms with Crippen molar-refractivity contribution in [3.05, 3.63) is 64.1 Å². The number of hydrogen-bond donors (Lipinski definition) is 1. The van der Waals surface area contributed by atoms with Gasteiger partial charge in [0.2, 0.25) is 0 Å². The number of benzene rings is 2. The van der Waals surface area contributed by atoms with Crippen LogP contribution < -0.4 is 0 Å². The average Bonchev–Trinajstić information content (AvgIpc) is 2.42. The molecule has 0 saturated heterocycles. The van der Waals surface area contributed by atoms with Gasteiger partial charge >= 0.3 is 0 Å². The third-order valence-corrected chi connectivity index (χ3v) is 4.37. The second-order valence-corrected chi connectivity index (χ2v) is 6.37. The van der Waals surface area contributed by atoms with Gasteiger partial charge in [-0.05, 0) is 48.0 Å². The second kappa shape index (κ2) is 7.20. The van der Waals surface area contributed by atoms with Crippen molar-refractivity contribution in [1.29, 1.82) is 0 Å². The molecule has 0 aliphatic carbocycles. The molecule has 0 aliphatic rings. The molecule has 1 atom stereocenters. The molecule has 2 rings (SSSR count). The summed E-state index contributed by atoms with van der Waals surface area (Å²) >= 11 is 4.70. The molecule has 20 heavy (non-hydrogen) atoms. The Morgan fingerprint density at radius 1 is 1.10 bits per heavy atom. The van der Waals surface area contributed by atoms with E-state index in [1.54, 1.807) is 24.3 Å². The number of aliphatic hydroxyl groups excluding tert-OH is 1. The van der Waals surface area contributed by atoms with Crippen LogP contribution in [0.4, 0.5) is 8.78 Å². The molecule has 0 aliphatic heterocycles. The van der Waals surface area contributed by atoms with Crippen molar-refractivity contribution >= 4 is 27.7 Å². The number of aliphatic hydroxyl groups is 1. The summed E-state index contributed by atoms with van der Waals surface area (Å²) in [7, 11) is 0. The molecular formula is C15H13BrF2OS. The molecular weight excluding hydrogens is 346 g/mol. The van der Waals surface area contributed by atoms with Gasteiger partial charge in [-0.25, -0.2) is 8.78 Å². The van der Waals surface area contributed by atoms with E-state index in [1.807, 2.05) is 0 Å². The summed E-state index contributed by atoms with van der Waals surface area (Å²) in [6.45, 7) is 0. The number of hydrogen-bond acceptors (Lipinski definition) is 2. The standard InChI is InChI=1S/C15H13BrF2OS/c16-11-1-6-15(18)10(7-11)8-13(19)9-20-14-4-2-12(17)3-5-14/h1-7,13,19H,8-9H2. The van der Waals surface area contributed by atoms with Gasteiger partial charge in [-0.3, -0.25) is 0 Å². The molecule has 0 amide bonds. The quantitative estimate of drug-likeness (QED) is 0.798. The number of rotatable bonds is 5. The van der Waals surface area contributed by atoms with Crippen LogP contribution in [0.2, 0.25) is 0 Å². The predicted molar refractivity (Wildman–Crippen MR) is 80.9 cm³/mol. The van der Waals surface area contributed by atoms with Crippen molar-refractivity contribution in [2.24, 2.45) is 0 Å². The molecule has 0 aromatic heterocycles. The molecule has 5 heteroatoms. The van der Waals surface area contributed by atoms with E-state index in [0.29, 0.717) is 11.3 Å². The molecule has 0 fully saturated rings. The summed E-state index contributed by atoms with van der Waals surface area (Å²) in [5, 5.41) is 9.96.